The summed E-state index contributed by atoms with van der Waals surface area (Å²) in [5.41, 5.74) is -1.42. The van der Waals surface area contributed by atoms with Crippen molar-refractivity contribution in [3.8, 4) is 0 Å². The van der Waals surface area contributed by atoms with Crippen molar-refractivity contribution in [2.45, 2.75) is 24.9 Å². The standard InChI is InChI=1S/C7H14FNO3S/c8-7(1-4-9-5-2-7)3-6-13(10,11)12/h9H,1-6H2,(H,10,11,12). The van der Waals surface area contributed by atoms with Crippen LogP contribution in [0, 0.1) is 0 Å². The molecule has 78 valence electrons. The molecule has 0 aromatic rings. The minimum absolute atomic E-state index is 0.104. The van der Waals surface area contributed by atoms with E-state index in [0.717, 1.165) is 0 Å². The highest BCUT2D eigenvalue weighted by molar-refractivity contribution is 7.85. The zero-order valence-corrected chi connectivity index (χ0v) is 8.11. The summed E-state index contributed by atoms with van der Waals surface area (Å²) in [6.07, 6.45) is 0.540. The van der Waals surface area contributed by atoms with Gasteiger partial charge in [0.2, 0.25) is 0 Å². The first kappa shape index (κ1) is 10.9. The average Bonchev–Trinajstić information content (AvgIpc) is 2.02. The molecule has 1 heterocycles. The van der Waals surface area contributed by atoms with Crippen LogP contribution in [0.2, 0.25) is 0 Å². The van der Waals surface area contributed by atoms with E-state index in [1.165, 1.54) is 0 Å². The van der Waals surface area contributed by atoms with Gasteiger partial charge in [-0.15, -0.1) is 0 Å². The fourth-order valence-electron chi connectivity index (χ4n) is 1.44. The zero-order valence-electron chi connectivity index (χ0n) is 7.29. The minimum Gasteiger partial charge on any atom is -0.316 e. The molecule has 0 atom stereocenters. The van der Waals surface area contributed by atoms with Crippen molar-refractivity contribution >= 4 is 10.1 Å². The topological polar surface area (TPSA) is 66.4 Å². The smallest absolute Gasteiger partial charge is 0.264 e. The van der Waals surface area contributed by atoms with Crippen LogP contribution in [-0.4, -0.2) is 37.5 Å². The number of alkyl halides is 1. The predicted molar refractivity (Wildman–Crippen MR) is 47.0 cm³/mol. The molecule has 0 aromatic heterocycles. The summed E-state index contributed by atoms with van der Waals surface area (Å²) < 4.78 is 42.9. The van der Waals surface area contributed by atoms with Crippen LogP contribution < -0.4 is 5.32 Å². The van der Waals surface area contributed by atoms with Gasteiger partial charge in [-0.05, 0) is 32.4 Å². The van der Waals surface area contributed by atoms with Crippen molar-refractivity contribution in [1.82, 2.24) is 5.32 Å². The maximum Gasteiger partial charge on any atom is 0.264 e. The third-order valence-corrected chi connectivity index (χ3v) is 3.03. The van der Waals surface area contributed by atoms with E-state index in [-0.39, 0.29) is 6.42 Å². The van der Waals surface area contributed by atoms with E-state index in [4.69, 9.17) is 4.55 Å². The molecule has 13 heavy (non-hydrogen) atoms. The molecule has 0 spiro atoms. The molecule has 0 aliphatic carbocycles. The molecular formula is C7H14FNO3S. The van der Waals surface area contributed by atoms with E-state index < -0.39 is 21.5 Å². The number of rotatable bonds is 3. The molecule has 0 unspecified atom stereocenters. The van der Waals surface area contributed by atoms with Crippen LogP contribution in [0.1, 0.15) is 19.3 Å². The van der Waals surface area contributed by atoms with Crippen LogP contribution in [-0.2, 0) is 10.1 Å². The van der Waals surface area contributed by atoms with Crippen molar-refractivity contribution in [2.24, 2.45) is 0 Å². The highest BCUT2D eigenvalue weighted by atomic mass is 32.2. The Balaban J connectivity index is 2.42. The number of halogens is 1. The second-order valence-corrected chi connectivity index (χ2v) is 5.01. The number of hydrogen-bond acceptors (Lipinski definition) is 3. The molecule has 6 heteroatoms. The van der Waals surface area contributed by atoms with Crippen LogP contribution >= 0.6 is 0 Å². The highest BCUT2D eigenvalue weighted by Crippen LogP contribution is 2.27. The van der Waals surface area contributed by atoms with Gasteiger partial charge >= 0.3 is 0 Å². The second-order valence-electron chi connectivity index (χ2n) is 3.44. The Kier molecular flexibility index (Phi) is 3.26. The van der Waals surface area contributed by atoms with Gasteiger partial charge in [-0.3, -0.25) is 4.55 Å². The van der Waals surface area contributed by atoms with Gasteiger partial charge in [0.1, 0.15) is 5.67 Å². The van der Waals surface area contributed by atoms with Crippen LogP contribution in [0.5, 0.6) is 0 Å². The fraction of sp³-hybridized carbons (Fsp3) is 1.00. The summed E-state index contributed by atoms with van der Waals surface area (Å²) in [5.74, 6) is -0.483. The molecule has 0 saturated carbocycles. The highest BCUT2D eigenvalue weighted by Gasteiger charge is 2.32. The summed E-state index contributed by atoms with van der Waals surface area (Å²) in [4.78, 5) is 0. The number of piperidine rings is 1. The van der Waals surface area contributed by atoms with Gasteiger partial charge in [0, 0.05) is 0 Å². The van der Waals surface area contributed by atoms with Gasteiger partial charge < -0.3 is 5.32 Å². The normalized spacial score (nSPS) is 22.9. The van der Waals surface area contributed by atoms with Crippen molar-refractivity contribution in [2.75, 3.05) is 18.8 Å². The number of nitrogens with one attached hydrogen (secondary N) is 1. The minimum atomic E-state index is -4.02. The van der Waals surface area contributed by atoms with E-state index in [1.54, 1.807) is 0 Å². The van der Waals surface area contributed by atoms with Gasteiger partial charge in [-0.2, -0.15) is 8.42 Å². The Morgan fingerprint density at radius 3 is 2.38 bits per heavy atom. The molecule has 0 aromatic carbocycles. The quantitative estimate of drug-likeness (QED) is 0.661. The van der Waals surface area contributed by atoms with Crippen LogP contribution in [0.15, 0.2) is 0 Å². The molecule has 1 saturated heterocycles. The molecule has 1 aliphatic rings. The monoisotopic (exact) mass is 211 g/mol. The average molecular weight is 211 g/mol. The maximum absolute atomic E-state index is 13.7. The Labute approximate surface area is 77.3 Å². The Bertz CT molecular complexity index is 259. The molecule has 2 N–H and O–H groups in total. The molecule has 1 aliphatic heterocycles. The summed E-state index contributed by atoms with van der Waals surface area (Å²) in [6.45, 7) is 1.14. The third-order valence-electron chi connectivity index (χ3n) is 2.31. The van der Waals surface area contributed by atoms with Crippen molar-refractivity contribution in [3.05, 3.63) is 0 Å². The van der Waals surface area contributed by atoms with Crippen LogP contribution in [0.3, 0.4) is 0 Å². The van der Waals surface area contributed by atoms with E-state index in [9.17, 15) is 12.8 Å². The lowest BCUT2D eigenvalue weighted by Crippen LogP contribution is -2.39. The lowest BCUT2D eigenvalue weighted by molar-refractivity contribution is 0.111. The van der Waals surface area contributed by atoms with Crippen LogP contribution in [0.4, 0.5) is 4.39 Å². The predicted octanol–water partition coefficient (Wildman–Crippen LogP) is 0.356. The number of hydrogen-bond donors (Lipinski definition) is 2. The lowest BCUT2D eigenvalue weighted by Gasteiger charge is -2.29. The lowest BCUT2D eigenvalue weighted by atomic mass is 9.92. The Morgan fingerprint density at radius 2 is 1.92 bits per heavy atom. The van der Waals surface area contributed by atoms with Crippen molar-refractivity contribution < 1.29 is 17.4 Å². The summed E-state index contributed by atoms with van der Waals surface area (Å²) in [6, 6.07) is 0. The van der Waals surface area contributed by atoms with Crippen molar-refractivity contribution in [1.29, 1.82) is 0 Å². The van der Waals surface area contributed by atoms with Gasteiger partial charge in [-0.25, -0.2) is 4.39 Å². The van der Waals surface area contributed by atoms with Gasteiger partial charge in [0.05, 0.1) is 5.75 Å². The van der Waals surface area contributed by atoms with E-state index in [1.807, 2.05) is 0 Å². The SMILES string of the molecule is O=S(=O)(O)CCC1(F)CCNCC1. The molecule has 0 amide bonds. The van der Waals surface area contributed by atoms with Gasteiger partial charge in [-0.1, -0.05) is 0 Å². The zero-order chi connectivity index (χ0) is 9.95. The first-order valence-corrected chi connectivity index (χ1v) is 5.87. The molecule has 1 fully saturated rings. The van der Waals surface area contributed by atoms with E-state index in [2.05, 4.69) is 5.32 Å². The summed E-state index contributed by atoms with van der Waals surface area (Å²) in [5, 5.41) is 2.99. The fourth-order valence-corrected chi connectivity index (χ4v) is 2.06. The largest absolute Gasteiger partial charge is 0.316 e. The third kappa shape index (κ3) is 4.02. The second kappa shape index (κ2) is 3.89. The van der Waals surface area contributed by atoms with Gasteiger partial charge in [0.25, 0.3) is 10.1 Å². The van der Waals surface area contributed by atoms with E-state index in [0.29, 0.717) is 25.9 Å². The molecule has 1 rings (SSSR count). The first-order chi connectivity index (χ1) is 5.91. The summed E-state index contributed by atoms with van der Waals surface area (Å²) in [7, 11) is -4.02. The summed E-state index contributed by atoms with van der Waals surface area (Å²) >= 11 is 0. The first-order valence-electron chi connectivity index (χ1n) is 4.26. The van der Waals surface area contributed by atoms with Gasteiger partial charge in [0.15, 0.2) is 0 Å². The Morgan fingerprint density at radius 1 is 1.38 bits per heavy atom. The molecule has 4 nitrogen and oxygen atoms in total. The molecule has 0 bridgehead atoms. The molecule has 0 radical (unpaired) electrons. The van der Waals surface area contributed by atoms with Crippen LogP contribution in [0.25, 0.3) is 0 Å². The Hall–Kier alpha value is -0.200. The molecular weight excluding hydrogens is 197 g/mol. The van der Waals surface area contributed by atoms with Crippen molar-refractivity contribution in [3.63, 3.8) is 0 Å². The van der Waals surface area contributed by atoms with E-state index >= 15 is 0 Å². The maximum atomic E-state index is 13.7.